The average Bonchev–Trinajstić information content (AvgIpc) is 2.59. The molecule has 0 aliphatic carbocycles. The third-order valence-corrected chi connectivity index (χ3v) is 3.55. The second-order valence-electron chi connectivity index (χ2n) is 5.02. The van der Waals surface area contributed by atoms with Crippen molar-refractivity contribution in [2.75, 3.05) is 18.6 Å². The van der Waals surface area contributed by atoms with Crippen LogP contribution < -0.4 is 9.64 Å². The number of hydrogen-bond donors (Lipinski definition) is 0. The van der Waals surface area contributed by atoms with Crippen molar-refractivity contribution in [2.45, 2.75) is 6.10 Å². The standard InChI is InChI=1S/C17H14FNO4/c1-22-17(21)15-10-19(13-7-2-3-8-14(13)23-15)16(20)11-5-4-6-12(18)9-11/h2-9,15H,10H2,1H3/t15-/m0/s1. The van der Waals surface area contributed by atoms with Crippen LogP contribution in [-0.4, -0.2) is 31.6 Å². The lowest BCUT2D eigenvalue weighted by molar-refractivity contribution is -0.148. The Balaban J connectivity index is 1.99. The highest BCUT2D eigenvalue weighted by Crippen LogP contribution is 2.34. The molecule has 0 unspecified atom stereocenters. The van der Waals surface area contributed by atoms with Crippen LogP contribution in [-0.2, 0) is 9.53 Å². The quantitative estimate of drug-likeness (QED) is 0.799. The second kappa shape index (κ2) is 6.08. The number of rotatable bonds is 2. The van der Waals surface area contributed by atoms with Gasteiger partial charge in [-0.25, -0.2) is 9.18 Å². The highest BCUT2D eigenvalue weighted by Gasteiger charge is 2.34. The minimum absolute atomic E-state index is 0.000959. The van der Waals surface area contributed by atoms with E-state index >= 15 is 0 Å². The van der Waals surface area contributed by atoms with Gasteiger partial charge in [0.05, 0.1) is 19.3 Å². The molecule has 23 heavy (non-hydrogen) atoms. The maximum absolute atomic E-state index is 13.4. The summed E-state index contributed by atoms with van der Waals surface area (Å²) in [5, 5.41) is 0. The van der Waals surface area contributed by atoms with Gasteiger partial charge in [-0.3, -0.25) is 4.79 Å². The van der Waals surface area contributed by atoms with Gasteiger partial charge < -0.3 is 14.4 Å². The molecule has 1 heterocycles. The summed E-state index contributed by atoms with van der Waals surface area (Å²) in [4.78, 5) is 25.9. The summed E-state index contributed by atoms with van der Waals surface area (Å²) in [6.45, 7) is -0.000959. The fraction of sp³-hybridized carbons (Fsp3) is 0.176. The number of anilines is 1. The first-order valence-corrected chi connectivity index (χ1v) is 7.01. The molecule has 0 spiro atoms. The number of hydrogen-bond acceptors (Lipinski definition) is 4. The van der Waals surface area contributed by atoms with E-state index in [1.807, 2.05) is 0 Å². The minimum Gasteiger partial charge on any atom is -0.475 e. The van der Waals surface area contributed by atoms with Crippen molar-refractivity contribution in [3.63, 3.8) is 0 Å². The van der Waals surface area contributed by atoms with E-state index in [0.717, 1.165) is 6.07 Å². The Morgan fingerprint density at radius 1 is 1.22 bits per heavy atom. The van der Waals surface area contributed by atoms with Crippen molar-refractivity contribution in [2.24, 2.45) is 0 Å². The molecule has 6 heteroatoms. The van der Waals surface area contributed by atoms with Crippen LogP contribution in [0.5, 0.6) is 5.75 Å². The van der Waals surface area contributed by atoms with Crippen LogP contribution in [0.1, 0.15) is 10.4 Å². The van der Waals surface area contributed by atoms with Crippen molar-refractivity contribution in [1.82, 2.24) is 0 Å². The SMILES string of the molecule is COC(=O)[C@@H]1CN(C(=O)c2cccc(F)c2)c2ccccc2O1. The molecule has 5 nitrogen and oxygen atoms in total. The fourth-order valence-corrected chi connectivity index (χ4v) is 2.46. The van der Waals surface area contributed by atoms with Gasteiger partial charge in [0.15, 0.2) is 0 Å². The Bertz CT molecular complexity index is 762. The lowest BCUT2D eigenvalue weighted by Crippen LogP contribution is -2.47. The van der Waals surface area contributed by atoms with Crippen LogP contribution in [0.3, 0.4) is 0 Å². The molecule has 1 aliphatic heterocycles. The van der Waals surface area contributed by atoms with Gasteiger partial charge in [0, 0.05) is 5.56 Å². The van der Waals surface area contributed by atoms with Crippen molar-refractivity contribution < 1.29 is 23.5 Å². The summed E-state index contributed by atoms with van der Waals surface area (Å²) >= 11 is 0. The zero-order valence-corrected chi connectivity index (χ0v) is 12.4. The van der Waals surface area contributed by atoms with E-state index in [4.69, 9.17) is 9.47 Å². The number of benzene rings is 2. The van der Waals surface area contributed by atoms with Crippen LogP contribution in [0.25, 0.3) is 0 Å². The van der Waals surface area contributed by atoms with Gasteiger partial charge >= 0.3 is 5.97 Å². The van der Waals surface area contributed by atoms with Crippen molar-refractivity contribution in [3.8, 4) is 5.75 Å². The highest BCUT2D eigenvalue weighted by atomic mass is 19.1. The van der Waals surface area contributed by atoms with E-state index in [1.165, 1.54) is 30.2 Å². The molecule has 0 fully saturated rings. The normalized spacial score (nSPS) is 16.3. The molecule has 0 aromatic heterocycles. The number of halogens is 1. The molecule has 0 saturated carbocycles. The second-order valence-corrected chi connectivity index (χ2v) is 5.02. The smallest absolute Gasteiger partial charge is 0.348 e. The molecular formula is C17H14FNO4. The molecule has 3 rings (SSSR count). The van der Waals surface area contributed by atoms with Gasteiger partial charge in [-0.05, 0) is 30.3 Å². The molecule has 2 aromatic rings. The van der Waals surface area contributed by atoms with Crippen LogP contribution in [0.4, 0.5) is 10.1 Å². The van der Waals surface area contributed by atoms with E-state index in [1.54, 1.807) is 24.3 Å². The third-order valence-electron chi connectivity index (χ3n) is 3.55. The van der Waals surface area contributed by atoms with E-state index in [-0.39, 0.29) is 12.1 Å². The first kappa shape index (κ1) is 15.0. The summed E-state index contributed by atoms with van der Waals surface area (Å²) in [6.07, 6.45) is -0.924. The van der Waals surface area contributed by atoms with Crippen molar-refractivity contribution in [3.05, 3.63) is 59.9 Å². The number of fused-ring (bicyclic) bond motifs is 1. The largest absolute Gasteiger partial charge is 0.475 e. The van der Waals surface area contributed by atoms with E-state index in [2.05, 4.69) is 0 Å². The Kier molecular flexibility index (Phi) is 3.97. The molecule has 118 valence electrons. The first-order valence-electron chi connectivity index (χ1n) is 7.01. The molecule has 0 N–H and O–H groups in total. The Hall–Kier alpha value is -2.89. The summed E-state index contributed by atoms with van der Waals surface area (Å²) in [7, 11) is 1.25. The van der Waals surface area contributed by atoms with Gasteiger partial charge in [-0.1, -0.05) is 18.2 Å². The number of amides is 1. The number of para-hydroxylation sites is 2. The van der Waals surface area contributed by atoms with E-state index in [0.29, 0.717) is 11.4 Å². The first-order chi connectivity index (χ1) is 11.1. The summed E-state index contributed by atoms with van der Waals surface area (Å²) in [5.74, 6) is -1.08. The lowest BCUT2D eigenvalue weighted by Gasteiger charge is -2.33. The highest BCUT2D eigenvalue weighted by molar-refractivity contribution is 6.07. The van der Waals surface area contributed by atoms with Crippen LogP contribution in [0.15, 0.2) is 48.5 Å². The van der Waals surface area contributed by atoms with Gasteiger partial charge in [-0.15, -0.1) is 0 Å². The van der Waals surface area contributed by atoms with Gasteiger partial charge in [0.1, 0.15) is 11.6 Å². The monoisotopic (exact) mass is 315 g/mol. The third kappa shape index (κ3) is 2.88. The molecule has 0 radical (unpaired) electrons. The lowest BCUT2D eigenvalue weighted by atomic mass is 10.1. The Morgan fingerprint density at radius 3 is 2.74 bits per heavy atom. The zero-order chi connectivity index (χ0) is 16.4. The zero-order valence-electron chi connectivity index (χ0n) is 12.4. The maximum Gasteiger partial charge on any atom is 0.348 e. The molecular weight excluding hydrogens is 301 g/mol. The van der Waals surface area contributed by atoms with Gasteiger partial charge in [-0.2, -0.15) is 0 Å². The topological polar surface area (TPSA) is 55.8 Å². The predicted octanol–water partition coefficient (Wildman–Crippen LogP) is 2.41. The van der Waals surface area contributed by atoms with E-state index in [9.17, 15) is 14.0 Å². The molecule has 1 aliphatic rings. The van der Waals surface area contributed by atoms with Crippen molar-refractivity contribution >= 4 is 17.6 Å². The van der Waals surface area contributed by atoms with E-state index < -0.39 is 23.8 Å². The molecule has 1 atom stereocenters. The fourth-order valence-electron chi connectivity index (χ4n) is 2.46. The predicted molar refractivity (Wildman–Crippen MR) is 81.0 cm³/mol. The summed E-state index contributed by atoms with van der Waals surface area (Å²) in [6, 6.07) is 12.3. The number of carbonyl (C=O) groups is 2. The number of carbonyl (C=O) groups excluding carboxylic acids is 2. The number of nitrogens with zero attached hydrogens (tertiary/aromatic N) is 1. The molecule has 2 aromatic carbocycles. The molecule has 0 saturated heterocycles. The summed E-state index contributed by atoms with van der Waals surface area (Å²) < 4.78 is 23.7. The number of methoxy groups -OCH3 is 1. The summed E-state index contributed by atoms with van der Waals surface area (Å²) in [5.41, 5.74) is 0.729. The average molecular weight is 315 g/mol. The van der Waals surface area contributed by atoms with Crippen LogP contribution in [0, 0.1) is 5.82 Å². The molecule has 1 amide bonds. The molecule has 0 bridgehead atoms. The number of esters is 1. The van der Waals surface area contributed by atoms with Crippen molar-refractivity contribution in [1.29, 1.82) is 0 Å². The van der Waals surface area contributed by atoms with Gasteiger partial charge in [0.2, 0.25) is 6.10 Å². The van der Waals surface area contributed by atoms with Gasteiger partial charge in [0.25, 0.3) is 5.91 Å². The maximum atomic E-state index is 13.4. The van der Waals surface area contributed by atoms with Crippen LogP contribution in [0.2, 0.25) is 0 Å². The number of ether oxygens (including phenoxy) is 2. The Morgan fingerprint density at radius 2 is 2.00 bits per heavy atom. The minimum atomic E-state index is -0.924. The van der Waals surface area contributed by atoms with Crippen LogP contribution >= 0.6 is 0 Å². The Labute approximate surface area is 132 Å².